The molecule has 0 atom stereocenters. The van der Waals surface area contributed by atoms with E-state index >= 15 is 0 Å². The van der Waals surface area contributed by atoms with Crippen LogP contribution in [0.15, 0.2) is 31.0 Å². The second-order valence-corrected chi connectivity index (χ2v) is 6.67. The molecule has 0 amide bonds. The van der Waals surface area contributed by atoms with Gasteiger partial charge in [-0.1, -0.05) is 57.4 Å². The summed E-state index contributed by atoms with van der Waals surface area (Å²) >= 11 is 0. The van der Waals surface area contributed by atoms with Gasteiger partial charge in [-0.05, 0) is 37.0 Å². The highest BCUT2D eigenvalue weighted by atomic mass is 14.9. The molecule has 3 rings (SSSR count). The van der Waals surface area contributed by atoms with Gasteiger partial charge in [0, 0.05) is 17.1 Å². The van der Waals surface area contributed by atoms with Crippen molar-refractivity contribution in [1.29, 1.82) is 0 Å². The lowest BCUT2D eigenvalue weighted by molar-refractivity contribution is 0.354. The molecule has 3 heteroatoms. The molecular formula is C21H25N3. The highest BCUT2D eigenvalue weighted by Gasteiger charge is 2.16. The summed E-state index contributed by atoms with van der Waals surface area (Å²) < 4.78 is 0. The SMILES string of the molecule is C=C/C=c1/nc(-c2ccc(C)c(CC3CCCCC3)n2)ncc1=C. The normalized spacial score (nSPS) is 16.3. The van der Waals surface area contributed by atoms with E-state index in [-0.39, 0.29) is 0 Å². The predicted molar refractivity (Wildman–Crippen MR) is 99.7 cm³/mol. The van der Waals surface area contributed by atoms with E-state index in [1.165, 1.54) is 43.4 Å². The lowest BCUT2D eigenvalue weighted by Gasteiger charge is -2.22. The highest BCUT2D eigenvalue weighted by molar-refractivity contribution is 5.50. The minimum atomic E-state index is 0.653. The Balaban J connectivity index is 1.93. The first-order valence-electron chi connectivity index (χ1n) is 8.79. The summed E-state index contributed by atoms with van der Waals surface area (Å²) in [7, 11) is 0. The lowest BCUT2D eigenvalue weighted by atomic mass is 9.85. The second kappa shape index (κ2) is 7.52. The predicted octanol–water partition coefficient (Wildman–Crippen LogP) is 3.35. The zero-order valence-corrected chi connectivity index (χ0v) is 14.5. The smallest absolute Gasteiger partial charge is 0.178 e. The fourth-order valence-corrected chi connectivity index (χ4v) is 3.37. The van der Waals surface area contributed by atoms with Gasteiger partial charge in [0.05, 0.1) is 5.35 Å². The van der Waals surface area contributed by atoms with Crippen molar-refractivity contribution in [2.45, 2.75) is 45.4 Å². The molecule has 24 heavy (non-hydrogen) atoms. The number of aromatic nitrogens is 3. The summed E-state index contributed by atoms with van der Waals surface area (Å²) in [5, 5.41) is 1.60. The molecular weight excluding hydrogens is 294 g/mol. The van der Waals surface area contributed by atoms with Gasteiger partial charge in [0.15, 0.2) is 5.82 Å². The quantitative estimate of drug-likeness (QED) is 0.867. The lowest BCUT2D eigenvalue weighted by Crippen LogP contribution is -2.28. The van der Waals surface area contributed by atoms with E-state index in [9.17, 15) is 0 Å². The van der Waals surface area contributed by atoms with Crippen LogP contribution in [0.1, 0.15) is 43.4 Å². The van der Waals surface area contributed by atoms with Crippen molar-refractivity contribution in [3.05, 3.63) is 52.8 Å². The summed E-state index contributed by atoms with van der Waals surface area (Å²) in [5.41, 5.74) is 3.29. The Morgan fingerprint density at radius 3 is 2.71 bits per heavy atom. The van der Waals surface area contributed by atoms with E-state index in [0.717, 1.165) is 28.6 Å². The first kappa shape index (κ1) is 16.6. The minimum Gasteiger partial charge on any atom is -0.249 e. The molecule has 2 heterocycles. The summed E-state index contributed by atoms with van der Waals surface area (Å²) in [6, 6.07) is 4.15. The Bertz CT molecular complexity index is 833. The Kier molecular flexibility index (Phi) is 5.19. The Hall–Kier alpha value is -2.29. The van der Waals surface area contributed by atoms with E-state index in [1.807, 2.05) is 12.1 Å². The highest BCUT2D eigenvalue weighted by Crippen LogP contribution is 2.27. The number of hydrogen-bond acceptors (Lipinski definition) is 3. The number of pyridine rings is 1. The Labute approximate surface area is 143 Å². The maximum absolute atomic E-state index is 4.88. The van der Waals surface area contributed by atoms with E-state index in [2.05, 4.69) is 36.1 Å². The van der Waals surface area contributed by atoms with Gasteiger partial charge < -0.3 is 0 Å². The van der Waals surface area contributed by atoms with Crippen molar-refractivity contribution < 1.29 is 0 Å². The van der Waals surface area contributed by atoms with Gasteiger partial charge in [0.1, 0.15) is 5.69 Å². The van der Waals surface area contributed by atoms with Gasteiger partial charge in [-0.15, -0.1) is 0 Å². The first-order chi connectivity index (χ1) is 11.7. The molecule has 0 aliphatic heterocycles. The van der Waals surface area contributed by atoms with Gasteiger partial charge in [-0.25, -0.2) is 15.0 Å². The van der Waals surface area contributed by atoms with Crippen molar-refractivity contribution in [3.63, 3.8) is 0 Å². The monoisotopic (exact) mass is 319 g/mol. The van der Waals surface area contributed by atoms with Crippen LogP contribution in [-0.2, 0) is 6.42 Å². The third-order valence-electron chi connectivity index (χ3n) is 4.81. The topological polar surface area (TPSA) is 38.7 Å². The molecule has 124 valence electrons. The third-order valence-corrected chi connectivity index (χ3v) is 4.81. The zero-order valence-electron chi connectivity index (χ0n) is 14.5. The Morgan fingerprint density at radius 2 is 1.96 bits per heavy atom. The van der Waals surface area contributed by atoms with Crippen LogP contribution >= 0.6 is 0 Å². The van der Waals surface area contributed by atoms with Crippen LogP contribution in [0, 0.1) is 12.8 Å². The van der Waals surface area contributed by atoms with E-state index < -0.39 is 0 Å². The maximum Gasteiger partial charge on any atom is 0.178 e. The third kappa shape index (κ3) is 3.78. The molecule has 2 aromatic heterocycles. The fourth-order valence-electron chi connectivity index (χ4n) is 3.37. The van der Waals surface area contributed by atoms with Crippen molar-refractivity contribution in [2.24, 2.45) is 5.92 Å². The number of nitrogens with zero attached hydrogens (tertiary/aromatic N) is 3. The van der Waals surface area contributed by atoms with Crippen molar-refractivity contribution in [2.75, 3.05) is 0 Å². The number of allylic oxidation sites excluding steroid dienone is 1. The molecule has 0 N–H and O–H groups in total. The van der Waals surface area contributed by atoms with Crippen LogP contribution < -0.4 is 10.6 Å². The molecule has 0 unspecified atom stereocenters. The summed E-state index contributed by atoms with van der Waals surface area (Å²) in [4.78, 5) is 13.9. The van der Waals surface area contributed by atoms with Crippen LogP contribution in [0.5, 0.6) is 0 Å². The van der Waals surface area contributed by atoms with Gasteiger partial charge in [-0.3, -0.25) is 0 Å². The molecule has 1 fully saturated rings. The molecule has 0 aromatic carbocycles. The van der Waals surface area contributed by atoms with Crippen molar-refractivity contribution >= 4 is 12.7 Å². The fraction of sp³-hybridized carbons (Fsp3) is 0.381. The number of rotatable bonds is 4. The Morgan fingerprint density at radius 1 is 1.17 bits per heavy atom. The molecule has 1 saturated carbocycles. The van der Waals surface area contributed by atoms with E-state index in [1.54, 1.807) is 12.3 Å². The minimum absolute atomic E-state index is 0.653. The molecule has 0 saturated heterocycles. The van der Waals surface area contributed by atoms with Crippen LogP contribution in [-0.4, -0.2) is 15.0 Å². The summed E-state index contributed by atoms with van der Waals surface area (Å²) in [5.74, 6) is 1.42. The summed E-state index contributed by atoms with van der Waals surface area (Å²) in [6.45, 7) is 9.83. The molecule has 2 aromatic rings. The first-order valence-corrected chi connectivity index (χ1v) is 8.79. The number of aryl methyl sites for hydroxylation is 1. The molecule has 1 aliphatic carbocycles. The molecule has 0 radical (unpaired) electrons. The zero-order chi connectivity index (χ0) is 16.9. The van der Waals surface area contributed by atoms with E-state index in [0.29, 0.717) is 5.82 Å². The van der Waals surface area contributed by atoms with Crippen molar-refractivity contribution in [1.82, 2.24) is 15.0 Å². The average molecular weight is 319 g/mol. The van der Waals surface area contributed by atoms with Crippen LogP contribution in [0.25, 0.3) is 24.2 Å². The largest absolute Gasteiger partial charge is 0.249 e. The maximum atomic E-state index is 4.88. The van der Waals surface area contributed by atoms with Gasteiger partial charge >= 0.3 is 0 Å². The van der Waals surface area contributed by atoms with Gasteiger partial charge in [0.2, 0.25) is 0 Å². The van der Waals surface area contributed by atoms with Crippen LogP contribution in [0.2, 0.25) is 0 Å². The second-order valence-electron chi connectivity index (χ2n) is 6.67. The van der Waals surface area contributed by atoms with Gasteiger partial charge in [-0.2, -0.15) is 0 Å². The molecule has 0 bridgehead atoms. The summed E-state index contributed by atoms with van der Waals surface area (Å²) in [6.07, 6.45) is 13.2. The molecule has 3 nitrogen and oxygen atoms in total. The van der Waals surface area contributed by atoms with Crippen molar-refractivity contribution in [3.8, 4) is 11.5 Å². The van der Waals surface area contributed by atoms with E-state index in [4.69, 9.17) is 4.98 Å². The molecule has 0 spiro atoms. The number of hydrogen-bond donors (Lipinski definition) is 0. The van der Waals surface area contributed by atoms with Crippen LogP contribution in [0.4, 0.5) is 0 Å². The van der Waals surface area contributed by atoms with Crippen LogP contribution in [0.3, 0.4) is 0 Å². The van der Waals surface area contributed by atoms with Gasteiger partial charge in [0.25, 0.3) is 0 Å². The average Bonchev–Trinajstić information content (AvgIpc) is 2.60. The molecule has 1 aliphatic rings. The standard InChI is InChI=1S/C21H25N3/c1-4-8-18-16(3)14-22-21(24-18)19-12-11-15(2)20(23-19)13-17-9-6-5-7-10-17/h4,8,11-12,14,17H,1,3,5-7,9-10,13H2,2H3/b18-8+.